The van der Waals surface area contributed by atoms with Crippen LogP contribution in [0.2, 0.25) is 0 Å². The van der Waals surface area contributed by atoms with Crippen molar-refractivity contribution < 1.29 is 14.3 Å². The molecule has 0 fully saturated rings. The number of esters is 1. The number of nitrogens with two attached hydrogens (primary N) is 1. The summed E-state index contributed by atoms with van der Waals surface area (Å²) >= 11 is 1.63. The summed E-state index contributed by atoms with van der Waals surface area (Å²) in [4.78, 5) is 25.4. The Morgan fingerprint density at radius 1 is 1.12 bits per heavy atom. The van der Waals surface area contributed by atoms with Gasteiger partial charge in [-0.2, -0.15) is 0 Å². The predicted octanol–water partition coefficient (Wildman–Crippen LogP) is 2.90. The van der Waals surface area contributed by atoms with E-state index in [-0.39, 0.29) is 18.3 Å². The second-order valence-electron chi connectivity index (χ2n) is 5.48. The van der Waals surface area contributed by atoms with Crippen LogP contribution in [0.5, 0.6) is 0 Å². The summed E-state index contributed by atoms with van der Waals surface area (Å²) in [5.41, 5.74) is 7.90. The quantitative estimate of drug-likeness (QED) is 0.587. The highest BCUT2D eigenvalue weighted by atomic mass is 32.2. The minimum absolute atomic E-state index is 0.0712. The van der Waals surface area contributed by atoms with E-state index in [9.17, 15) is 9.59 Å². The number of hydrogen-bond acceptors (Lipinski definition) is 5. The van der Waals surface area contributed by atoms with Gasteiger partial charge in [0.2, 0.25) is 0 Å². The lowest BCUT2D eigenvalue weighted by Crippen LogP contribution is -2.30. The van der Waals surface area contributed by atoms with Crippen molar-refractivity contribution in [2.45, 2.75) is 23.9 Å². The monoisotopic (exact) mass is 358 g/mol. The molecule has 5 nitrogen and oxygen atoms in total. The third-order valence-electron chi connectivity index (χ3n) is 3.87. The molecule has 3 N–H and O–H groups in total. The third-order valence-corrected chi connectivity index (χ3v) is 4.62. The number of thioether (sulfide) groups is 1. The second kappa shape index (κ2) is 9.25. The molecule has 0 saturated heterocycles. The molecule has 2 rings (SSSR count). The molecule has 2 aromatic carbocycles. The van der Waals surface area contributed by atoms with E-state index in [4.69, 9.17) is 10.5 Å². The number of ether oxygens (including phenoxy) is 1. The molecule has 0 saturated carbocycles. The zero-order chi connectivity index (χ0) is 18.2. The van der Waals surface area contributed by atoms with Crippen molar-refractivity contribution in [1.82, 2.24) is 5.32 Å². The number of nitrogens with one attached hydrogen (secondary N) is 1. The number of methoxy groups -OCH3 is 1. The summed E-state index contributed by atoms with van der Waals surface area (Å²) in [6, 6.07) is 14.4. The van der Waals surface area contributed by atoms with E-state index in [0.717, 1.165) is 16.0 Å². The third kappa shape index (κ3) is 5.34. The Labute approximate surface area is 151 Å². The van der Waals surface area contributed by atoms with E-state index in [0.29, 0.717) is 12.1 Å². The number of benzene rings is 2. The SMILES string of the molecule is COC(=O)CC(NC(=O)c1ccc(CN)cc1)c1ccc(SC)cc1. The average Bonchev–Trinajstić information content (AvgIpc) is 2.67. The van der Waals surface area contributed by atoms with Crippen molar-refractivity contribution in [1.29, 1.82) is 0 Å². The summed E-state index contributed by atoms with van der Waals surface area (Å²) < 4.78 is 4.76. The lowest BCUT2D eigenvalue weighted by molar-refractivity contribution is -0.141. The van der Waals surface area contributed by atoms with Gasteiger partial charge in [-0.15, -0.1) is 11.8 Å². The van der Waals surface area contributed by atoms with Gasteiger partial charge in [0.05, 0.1) is 19.6 Å². The van der Waals surface area contributed by atoms with Crippen LogP contribution in [0.1, 0.15) is 33.9 Å². The molecule has 0 radical (unpaired) electrons. The van der Waals surface area contributed by atoms with E-state index in [1.54, 1.807) is 23.9 Å². The van der Waals surface area contributed by atoms with Crippen molar-refractivity contribution in [2.75, 3.05) is 13.4 Å². The van der Waals surface area contributed by atoms with Crippen molar-refractivity contribution in [3.8, 4) is 0 Å². The molecule has 1 unspecified atom stereocenters. The molecular formula is C19H22N2O3S. The molecule has 0 heterocycles. The van der Waals surface area contributed by atoms with E-state index in [1.807, 2.05) is 42.7 Å². The molecule has 0 spiro atoms. The minimum atomic E-state index is -0.454. The number of hydrogen-bond donors (Lipinski definition) is 2. The first-order valence-corrected chi connectivity index (χ1v) is 9.10. The Morgan fingerprint density at radius 3 is 2.28 bits per heavy atom. The van der Waals surface area contributed by atoms with E-state index < -0.39 is 6.04 Å². The fourth-order valence-electron chi connectivity index (χ4n) is 2.37. The molecule has 0 aliphatic rings. The van der Waals surface area contributed by atoms with Gasteiger partial charge in [-0.25, -0.2) is 0 Å². The molecule has 0 aliphatic carbocycles. The summed E-state index contributed by atoms with van der Waals surface area (Å²) in [5, 5.41) is 2.91. The number of amides is 1. The van der Waals surface area contributed by atoms with Crippen LogP contribution in [-0.4, -0.2) is 25.2 Å². The Balaban J connectivity index is 2.18. The van der Waals surface area contributed by atoms with Gasteiger partial charge in [0, 0.05) is 17.0 Å². The summed E-state index contributed by atoms with van der Waals surface area (Å²) in [5.74, 6) is -0.621. The number of carbonyl (C=O) groups excluding carboxylic acids is 2. The summed E-state index contributed by atoms with van der Waals surface area (Å²) in [6.07, 6.45) is 2.06. The molecule has 6 heteroatoms. The normalized spacial score (nSPS) is 11.6. The zero-order valence-electron chi connectivity index (χ0n) is 14.3. The van der Waals surface area contributed by atoms with Gasteiger partial charge in [-0.05, 0) is 41.6 Å². The fraction of sp³-hybridized carbons (Fsp3) is 0.263. The summed E-state index contributed by atoms with van der Waals surface area (Å²) in [7, 11) is 1.34. The topological polar surface area (TPSA) is 81.4 Å². The van der Waals surface area contributed by atoms with Gasteiger partial charge >= 0.3 is 5.97 Å². The fourth-order valence-corrected chi connectivity index (χ4v) is 2.78. The zero-order valence-corrected chi connectivity index (χ0v) is 15.1. The van der Waals surface area contributed by atoms with Gasteiger partial charge in [0.1, 0.15) is 0 Å². The average molecular weight is 358 g/mol. The molecule has 132 valence electrons. The predicted molar refractivity (Wildman–Crippen MR) is 99.4 cm³/mol. The van der Waals surface area contributed by atoms with Crippen LogP contribution in [0.25, 0.3) is 0 Å². The van der Waals surface area contributed by atoms with Crippen LogP contribution >= 0.6 is 11.8 Å². The molecule has 25 heavy (non-hydrogen) atoms. The Bertz CT molecular complexity index is 714. The van der Waals surface area contributed by atoms with E-state index in [2.05, 4.69) is 5.32 Å². The van der Waals surface area contributed by atoms with Crippen molar-refractivity contribution in [2.24, 2.45) is 5.73 Å². The van der Waals surface area contributed by atoms with Crippen molar-refractivity contribution in [3.05, 3.63) is 65.2 Å². The van der Waals surface area contributed by atoms with Gasteiger partial charge < -0.3 is 15.8 Å². The largest absolute Gasteiger partial charge is 0.469 e. The smallest absolute Gasteiger partial charge is 0.307 e. The van der Waals surface area contributed by atoms with Crippen molar-refractivity contribution >= 4 is 23.6 Å². The lowest BCUT2D eigenvalue weighted by Gasteiger charge is -2.18. The lowest BCUT2D eigenvalue weighted by atomic mass is 10.0. The van der Waals surface area contributed by atoms with E-state index >= 15 is 0 Å². The molecule has 0 aromatic heterocycles. The maximum atomic E-state index is 12.5. The molecule has 1 atom stereocenters. The van der Waals surface area contributed by atoms with Crippen LogP contribution in [0, 0.1) is 0 Å². The molecule has 0 bridgehead atoms. The summed E-state index contributed by atoms with van der Waals surface area (Å²) in [6.45, 7) is 0.425. The van der Waals surface area contributed by atoms with Crippen molar-refractivity contribution in [3.63, 3.8) is 0 Å². The molecular weight excluding hydrogens is 336 g/mol. The molecule has 1 amide bonds. The van der Waals surface area contributed by atoms with Crippen LogP contribution < -0.4 is 11.1 Å². The Hall–Kier alpha value is -2.31. The Morgan fingerprint density at radius 2 is 1.76 bits per heavy atom. The van der Waals surface area contributed by atoms with Gasteiger partial charge in [-0.3, -0.25) is 9.59 Å². The standard InChI is InChI=1S/C19H22N2O3S/c1-24-18(22)11-17(14-7-9-16(25-2)10-8-14)21-19(23)15-5-3-13(12-20)4-6-15/h3-10,17H,11-12,20H2,1-2H3,(H,21,23). The van der Waals surface area contributed by atoms with Gasteiger partial charge in [0.15, 0.2) is 0 Å². The highest BCUT2D eigenvalue weighted by Gasteiger charge is 2.19. The Kier molecular flexibility index (Phi) is 7.03. The van der Waals surface area contributed by atoms with Crippen LogP contribution in [-0.2, 0) is 16.1 Å². The highest BCUT2D eigenvalue weighted by Crippen LogP contribution is 2.22. The highest BCUT2D eigenvalue weighted by molar-refractivity contribution is 7.98. The first-order valence-electron chi connectivity index (χ1n) is 7.88. The van der Waals surface area contributed by atoms with Crippen LogP contribution in [0.4, 0.5) is 0 Å². The number of carbonyl (C=O) groups is 2. The van der Waals surface area contributed by atoms with E-state index in [1.165, 1.54) is 7.11 Å². The van der Waals surface area contributed by atoms with Crippen LogP contribution in [0.15, 0.2) is 53.4 Å². The maximum Gasteiger partial charge on any atom is 0.307 e. The molecule has 2 aromatic rings. The van der Waals surface area contributed by atoms with Crippen LogP contribution in [0.3, 0.4) is 0 Å². The van der Waals surface area contributed by atoms with Gasteiger partial charge in [0.25, 0.3) is 5.91 Å². The first-order chi connectivity index (χ1) is 12.1. The van der Waals surface area contributed by atoms with Gasteiger partial charge in [-0.1, -0.05) is 24.3 Å². The minimum Gasteiger partial charge on any atom is -0.469 e. The number of rotatable bonds is 7. The maximum absolute atomic E-state index is 12.5. The molecule has 0 aliphatic heterocycles. The second-order valence-corrected chi connectivity index (χ2v) is 6.36. The first kappa shape index (κ1) is 19.0.